The third-order valence-electron chi connectivity index (χ3n) is 4.04. The maximum Gasteiger partial charge on any atom is 0.239 e. The van der Waals surface area contributed by atoms with Crippen LogP contribution in [0.5, 0.6) is 5.75 Å². The van der Waals surface area contributed by atoms with Crippen LogP contribution in [0.25, 0.3) is 0 Å². The van der Waals surface area contributed by atoms with Crippen molar-refractivity contribution in [2.24, 2.45) is 0 Å². The smallest absolute Gasteiger partial charge is 0.239 e. The average Bonchev–Trinajstić information content (AvgIpc) is 2.56. The molecule has 0 unspecified atom stereocenters. The Hall–Kier alpha value is -1.05. The van der Waals surface area contributed by atoms with Gasteiger partial charge in [0.15, 0.2) is 0 Å². The van der Waals surface area contributed by atoms with Gasteiger partial charge < -0.3 is 25.0 Å². The lowest BCUT2D eigenvalue weighted by atomic mass is 10.1. The fourth-order valence-corrected chi connectivity index (χ4v) is 2.57. The van der Waals surface area contributed by atoms with Crippen LogP contribution in [0.4, 0.5) is 0 Å². The van der Waals surface area contributed by atoms with Crippen LogP contribution in [-0.4, -0.2) is 69.9 Å². The first-order valence-electron chi connectivity index (χ1n) is 8.55. The number of carbonyl (C=O) groups excluding carboxylic acids is 1. The van der Waals surface area contributed by atoms with E-state index in [0.717, 1.165) is 25.3 Å². The van der Waals surface area contributed by atoms with Gasteiger partial charge in [-0.25, -0.2) is 0 Å². The summed E-state index contributed by atoms with van der Waals surface area (Å²) < 4.78 is 11.2. The van der Waals surface area contributed by atoms with Crippen molar-refractivity contribution in [1.82, 2.24) is 15.5 Å². The Morgan fingerprint density at radius 2 is 2.00 bits per heavy atom. The molecule has 0 bridgehead atoms. The maximum absolute atomic E-state index is 12.1. The van der Waals surface area contributed by atoms with Gasteiger partial charge in [0, 0.05) is 19.6 Å². The summed E-state index contributed by atoms with van der Waals surface area (Å²) in [7, 11) is 4.05. The van der Waals surface area contributed by atoms with Gasteiger partial charge in [-0.1, -0.05) is 12.1 Å². The van der Waals surface area contributed by atoms with Crippen LogP contribution in [0.3, 0.4) is 0 Å². The SMILES string of the molecule is C[C@H]1OCCN[C@@H]1C(=O)NCCc1ccc(OCCN(C)C)cc1.Cl.Cl. The van der Waals surface area contributed by atoms with Crippen molar-refractivity contribution in [2.45, 2.75) is 25.5 Å². The highest BCUT2D eigenvalue weighted by Crippen LogP contribution is 2.12. The molecule has 0 aliphatic carbocycles. The zero-order valence-corrected chi connectivity index (χ0v) is 17.3. The molecule has 1 aromatic rings. The van der Waals surface area contributed by atoms with Crippen LogP contribution in [0, 0.1) is 0 Å². The Morgan fingerprint density at radius 1 is 1.31 bits per heavy atom. The minimum absolute atomic E-state index is 0. The number of nitrogens with one attached hydrogen (secondary N) is 2. The third kappa shape index (κ3) is 8.56. The van der Waals surface area contributed by atoms with E-state index in [1.807, 2.05) is 45.3 Å². The molecule has 1 aromatic carbocycles. The van der Waals surface area contributed by atoms with Crippen molar-refractivity contribution < 1.29 is 14.3 Å². The van der Waals surface area contributed by atoms with Gasteiger partial charge in [-0.3, -0.25) is 4.79 Å². The first-order chi connectivity index (χ1) is 11.6. The first kappa shape index (κ1) is 24.9. The molecular formula is C18H31Cl2N3O3. The lowest BCUT2D eigenvalue weighted by molar-refractivity contribution is -0.128. The van der Waals surface area contributed by atoms with Gasteiger partial charge in [0.1, 0.15) is 18.4 Å². The molecule has 2 rings (SSSR count). The predicted octanol–water partition coefficient (Wildman–Crippen LogP) is 1.51. The van der Waals surface area contributed by atoms with E-state index >= 15 is 0 Å². The molecule has 0 radical (unpaired) electrons. The third-order valence-corrected chi connectivity index (χ3v) is 4.04. The summed E-state index contributed by atoms with van der Waals surface area (Å²) in [5.41, 5.74) is 1.18. The molecule has 2 atom stereocenters. The first-order valence-corrected chi connectivity index (χ1v) is 8.55. The van der Waals surface area contributed by atoms with Gasteiger partial charge in [0.2, 0.25) is 5.91 Å². The maximum atomic E-state index is 12.1. The molecular weight excluding hydrogens is 377 g/mol. The fraction of sp³-hybridized carbons (Fsp3) is 0.611. The van der Waals surface area contributed by atoms with E-state index in [4.69, 9.17) is 9.47 Å². The van der Waals surface area contributed by atoms with Crippen LogP contribution >= 0.6 is 24.8 Å². The van der Waals surface area contributed by atoms with Crippen molar-refractivity contribution in [1.29, 1.82) is 0 Å². The van der Waals surface area contributed by atoms with E-state index in [2.05, 4.69) is 15.5 Å². The van der Waals surface area contributed by atoms with Crippen LogP contribution in [0.1, 0.15) is 12.5 Å². The second-order valence-electron chi connectivity index (χ2n) is 6.34. The molecule has 1 fully saturated rings. The molecule has 1 saturated heterocycles. The molecule has 1 aliphatic rings. The molecule has 0 saturated carbocycles. The molecule has 8 heteroatoms. The number of nitrogens with zero attached hydrogens (tertiary/aromatic N) is 1. The summed E-state index contributed by atoms with van der Waals surface area (Å²) in [5, 5.41) is 6.17. The Kier molecular flexibility index (Phi) is 12.6. The van der Waals surface area contributed by atoms with E-state index in [0.29, 0.717) is 19.8 Å². The fourth-order valence-electron chi connectivity index (χ4n) is 2.57. The van der Waals surface area contributed by atoms with Crippen LogP contribution in [0.15, 0.2) is 24.3 Å². The Morgan fingerprint density at radius 3 is 2.62 bits per heavy atom. The number of likely N-dealkylation sites (N-methyl/N-ethyl adjacent to an activating group) is 1. The Bertz CT molecular complexity index is 515. The number of morpholine rings is 1. The summed E-state index contributed by atoms with van der Waals surface area (Å²) in [5.74, 6) is 0.882. The van der Waals surface area contributed by atoms with Gasteiger partial charge in [-0.2, -0.15) is 0 Å². The predicted molar refractivity (Wildman–Crippen MR) is 109 cm³/mol. The number of hydrogen-bond acceptors (Lipinski definition) is 5. The molecule has 26 heavy (non-hydrogen) atoms. The topological polar surface area (TPSA) is 62.8 Å². The lowest BCUT2D eigenvalue weighted by Crippen LogP contribution is -2.55. The summed E-state index contributed by atoms with van der Waals surface area (Å²) in [6.07, 6.45) is 0.712. The van der Waals surface area contributed by atoms with Crippen LogP contribution < -0.4 is 15.4 Å². The minimum atomic E-state index is -0.258. The largest absolute Gasteiger partial charge is 0.492 e. The van der Waals surface area contributed by atoms with Crippen molar-refractivity contribution in [3.05, 3.63) is 29.8 Å². The number of hydrogen-bond donors (Lipinski definition) is 2. The molecule has 6 nitrogen and oxygen atoms in total. The van der Waals surface area contributed by atoms with E-state index in [1.54, 1.807) is 0 Å². The van der Waals surface area contributed by atoms with E-state index in [1.165, 1.54) is 5.56 Å². The quantitative estimate of drug-likeness (QED) is 0.683. The average molecular weight is 408 g/mol. The molecule has 1 aliphatic heterocycles. The highest BCUT2D eigenvalue weighted by atomic mass is 35.5. The van der Waals surface area contributed by atoms with E-state index < -0.39 is 0 Å². The van der Waals surface area contributed by atoms with Gasteiger partial charge in [-0.05, 0) is 45.1 Å². The van der Waals surface area contributed by atoms with Gasteiger partial charge >= 0.3 is 0 Å². The minimum Gasteiger partial charge on any atom is -0.492 e. The number of amides is 1. The Labute approximate surface area is 168 Å². The van der Waals surface area contributed by atoms with Gasteiger partial charge in [-0.15, -0.1) is 24.8 Å². The summed E-state index contributed by atoms with van der Waals surface area (Å²) in [6, 6.07) is 7.78. The molecule has 0 spiro atoms. The second-order valence-corrected chi connectivity index (χ2v) is 6.34. The normalized spacial score (nSPS) is 19.2. The van der Waals surface area contributed by atoms with E-state index in [-0.39, 0.29) is 42.9 Å². The number of benzene rings is 1. The molecule has 2 N–H and O–H groups in total. The van der Waals surface area contributed by atoms with Gasteiger partial charge in [0.05, 0.1) is 12.7 Å². The summed E-state index contributed by atoms with van der Waals surface area (Å²) in [4.78, 5) is 14.2. The number of rotatable bonds is 8. The monoisotopic (exact) mass is 407 g/mol. The zero-order valence-electron chi connectivity index (χ0n) is 15.7. The highest BCUT2D eigenvalue weighted by molar-refractivity contribution is 5.85. The van der Waals surface area contributed by atoms with E-state index in [9.17, 15) is 4.79 Å². The molecule has 1 amide bonds. The highest BCUT2D eigenvalue weighted by Gasteiger charge is 2.27. The number of carbonyl (C=O) groups is 1. The zero-order chi connectivity index (χ0) is 17.4. The summed E-state index contributed by atoms with van der Waals surface area (Å²) in [6.45, 7) is 5.49. The molecule has 0 aromatic heterocycles. The van der Waals surface area contributed by atoms with Crippen LogP contribution in [0.2, 0.25) is 0 Å². The molecule has 1 heterocycles. The lowest BCUT2D eigenvalue weighted by Gasteiger charge is -2.29. The second kappa shape index (κ2) is 13.2. The van der Waals surface area contributed by atoms with Gasteiger partial charge in [0.25, 0.3) is 0 Å². The number of halogens is 2. The number of ether oxygens (including phenoxy) is 2. The van der Waals surface area contributed by atoms with Crippen molar-refractivity contribution in [3.63, 3.8) is 0 Å². The summed E-state index contributed by atoms with van der Waals surface area (Å²) >= 11 is 0. The van der Waals surface area contributed by atoms with Crippen molar-refractivity contribution in [2.75, 3.05) is 46.9 Å². The van der Waals surface area contributed by atoms with Crippen molar-refractivity contribution >= 4 is 30.7 Å². The standard InChI is InChI=1S/C18H29N3O3.2ClH/c1-14-17(19-10-12-23-14)18(22)20-9-8-15-4-6-16(7-5-15)24-13-11-21(2)3;;/h4-7,14,17,19H,8-13H2,1-3H3,(H,20,22);2*1H/t14-,17+;;/m1../s1. The molecule has 150 valence electrons. The van der Waals surface area contributed by atoms with Crippen molar-refractivity contribution in [3.8, 4) is 5.75 Å². The van der Waals surface area contributed by atoms with Crippen LogP contribution in [-0.2, 0) is 16.0 Å². The Balaban J connectivity index is 0.00000312.